The Balaban J connectivity index is 1.82. The van der Waals surface area contributed by atoms with Crippen molar-refractivity contribution in [3.8, 4) is 5.75 Å². The molecule has 0 aliphatic carbocycles. The van der Waals surface area contributed by atoms with Crippen molar-refractivity contribution in [2.75, 3.05) is 12.0 Å². The van der Waals surface area contributed by atoms with Crippen molar-refractivity contribution in [2.45, 2.75) is 19.9 Å². The van der Waals surface area contributed by atoms with Gasteiger partial charge in [-0.3, -0.25) is 19.3 Å². The first-order valence-electron chi connectivity index (χ1n) is 10.5. The second-order valence-electron chi connectivity index (χ2n) is 7.69. The van der Waals surface area contributed by atoms with Gasteiger partial charge in [-0.2, -0.15) is 0 Å². The van der Waals surface area contributed by atoms with Crippen molar-refractivity contribution in [3.63, 3.8) is 0 Å². The zero-order valence-electron chi connectivity index (χ0n) is 18.8. The zero-order valence-corrected chi connectivity index (χ0v) is 19.6. The first-order valence-corrected chi connectivity index (χ1v) is 11.3. The molecule has 2 aromatic carbocycles. The molecule has 0 radical (unpaired) electrons. The number of aromatic nitrogens is 1. The number of rotatable bonds is 7. The lowest BCUT2D eigenvalue weighted by atomic mass is 9.95. The number of allylic oxidation sites excluding steroid dienone is 1. The van der Waals surface area contributed by atoms with E-state index in [0.717, 1.165) is 16.9 Å². The summed E-state index contributed by atoms with van der Waals surface area (Å²) in [7, 11) is 1.52. The van der Waals surface area contributed by atoms with Gasteiger partial charge < -0.3 is 9.84 Å². The summed E-state index contributed by atoms with van der Waals surface area (Å²) in [4.78, 5) is 44.6. The molecule has 1 aliphatic rings. The highest BCUT2D eigenvalue weighted by Crippen LogP contribution is 2.43. The number of methoxy groups -OCH3 is 1. The molecule has 0 saturated carbocycles. The summed E-state index contributed by atoms with van der Waals surface area (Å²) >= 11 is 1.05. The maximum atomic E-state index is 13.3. The molecule has 1 aliphatic heterocycles. The number of hydrogen-bond donors (Lipinski definition) is 1. The third-order valence-corrected chi connectivity index (χ3v) is 6.68. The number of carbonyl (C=O) groups excluding carboxylic acids is 3. The van der Waals surface area contributed by atoms with Gasteiger partial charge in [0.1, 0.15) is 5.75 Å². The van der Waals surface area contributed by atoms with Crippen molar-refractivity contribution in [2.24, 2.45) is 0 Å². The van der Waals surface area contributed by atoms with Crippen LogP contribution in [0.1, 0.15) is 39.5 Å². The number of benzene rings is 2. The van der Waals surface area contributed by atoms with Crippen LogP contribution in [0.15, 0.2) is 72.0 Å². The number of ether oxygens (including phenoxy) is 1. The highest BCUT2D eigenvalue weighted by atomic mass is 32.1. The molecule has 7 nitrogen and oxygen atoms in total. The Hall–Kier alpha value is -4.04. The summed E-state index contributed by atoms with van der Waals surface area (Å²) in [5.74, 6) is -1.56. The molecule has 8 heteroatoms. The highest BCUT2D eigenvalue weighted by Gasteiger charge is 2.45. The maximum absolute atomic E-state index is 13.3. The normalized spacial score (nSPS) is 15.9. The molecule has 3 aromatic rings. The number of aliphatic hydroxyl groups is 1. The Bertz CT molecular complexity index is 1340. The van der Waals surface area contributed by atoms with Crippen LogP contribution in [0.2, 0.25) is 0 Å². The van der Waals surface area contributed by atoms with Gasteiger partial charge in [-0.1, -0.05) is 59.9 Å². The standard InChI is InChI=1S/C26H22N2O5S/c1-15-24(16(2)29)34-26(27-15)28-22(18-10-7-11-19(14-18)33-3)21(23(31)25(28)32)20(30)13-12-17-8-5-4-6-9-17/h4-14,22,31H,1-3H3/b13-12+/t22-/m0/s1. The summed E-state index contributed by atoms with van der Waals surface area (Å²) in [6, 6.07) is 15.2. The SMILES string of the molecule is COc1cccc([C@H]2C(C(=O)/C=C/c3ccccc3)=C(O)C(=O)N2c2nc(C)c(C(C)=O)s2)c1. The van der Waals surface area contributed by atoms with Crippen LogP contribution in [-0.4, -0.2) is 34.7 Å². The Kier molecular flexibility index (Phi) is 6.43. The fraction of sp³-hybridized carbons (Fsp3) is 0.154. The van der Waals surface area contributed by atoms with Crippen LogP contribution in [0.5, 0.6) is 5.75 Å². The van der Waals surface area contributed by atoms with Gasteiger partial charge in [0.15, 0.2) is 22.5 Å². The monoisotopic (exact) mass is 474 g/mol. The second kappa shape index (κ2) is 9.44. The Morgan fingerprint density at radius 2 is 1.88 bits per heavy atom. The Morgan fingerprint density at radius 3 is 2.53 bits per heavy atom. The van der Waals surface area contributed by atoms with E-state index in [9.17, 15) is 19.5 Å². The predicted molar refractivity (Wildman–Crippen MR) is 130 cm³/mol. The number of thiazole rings is 1. The van der Waals surface area contributed by atoms with Crippen molar-refractivity contribution in [1.29, 1.82) is 0 Å². The minimum Gasteiger partial charge on any atom is -0.503 e. The van der Waals surface area contributed by atoms with E-state index >= 15 is 0 Å². The van der Waals surface area contributed by atoms with E-state index in [1.807, 2.05) is 30.3 Å². The average Bonchev–Trinajstić information content (AvgIpc) is 3.35. The van der Waals surface area contributed by atoms with Crippen LogP contribution in [0.25, 0.3) is 6.08 Å². The van der Waals surface area contributed by atoms with E-state index in [1.54, 1.807) is 37.3 Å². The molecular formula is C26H22N2O5S. The van der Waals surface area contributed by atoms with Gasteiger partial charge in [0.2, 0.25) is 0 Å². The number of Topliss-reactive ketones (excluding diaryl/α,β-unsaturated/α-hetero) is 1. The first kappa shape index (κ1) is 23.1. The van der Waals surface area contributed by atoms with Crippen LogP contribution in [-0.2, 0) is 9.59 Å². The molecule has 1 amide bonds. The predicted octanol–water partition coefficient (Wildman–Crippen LogP) is 4.85. The molecule has 1 aromatic heterocycles. The number of nitrogens with zero attached hydrogens (tertiary/aromatic N) is 2. The van der Waals surface area contributed by atoms with E-state index in [2.05, 4.69) is 4.98 Å². The third-order valence-electron chi connectivity index (χ3n) is 5.42. The number of aliphatic hydroxyl groups excluding tert-OH is 1. The van der Waals surface area contributed by atoms with Gasteiger partial charge in [-0.15, -0.1) is 0 Å². The van der Waals surface area contributed by atoms with E-state index < -0.39 is 23.5 Å². The minimum atomic E-state index is -0.944. The number of aryl methyl sites for hydroxylation is 1. The summed E-state index contributed by atoms with van der Waals surface area (Å²) in [6.07, 6.45) is 2.96. The Labute approximate surface area is 200 Å². The lowest BCUT2D eigenvalue weighted by Gasteiger charge is -2.24. The molecule has 0 unspecified atom stereocenters. The van der Waals surface area contributed by atoms with Crippen LogP contribution in [0.4, 0.5) is 5.13 Å². The molecule has 34 heavy (non-hydrogen) atoms. The maximum Gasteiger partial charge on any atom is 0.296 e. The fourth-order valence-electron chi connectivity index (χ4n) is 3.82. The first-order chi connectivity index (χ1) is 16.3. The van der Waals surface area contributed by atoms with E-state index in [-0.39, 0.29) is 16.5 Å². The molecule has 2 heterocycles. The Morgan fingerprint density at radius 1 is 1.15 bits per heavy atom. The molecule has 1 atom stereocenters. The zero-order chi connectivity index (χ0) is 24.4. The average molecular weight is 475 g/mol. The van der Waals surface area contributed by atoms with Gasteiger partial charge in [-0.25, -0.2) is 4.98 Å². The number of hydrogen-bond acceptors (Lipinski definition) is 7. The van der Waals surface area contributed by atoms with Crippen LogP contribution in [0.3, 0.4) is 0 Å². The summed E-state index contributed by atoms with van der Waals surface area (Å²) in [5.41, 5.74) is 1.78. The van der Waals surface area contributed by atoms with E-state index in [4.69, 9.17) is 4.74 Å². The van der Waals surface area contributed by atoms with Crippen molar-refractivity contribution in [1.82, 2.24) is 4.98 Å². The summed E-state index contributed by atoms with van der Waals surface area (Å²) in [5, 5.41) is 11.0. The fourth-order valence-corrected chi connectivity index (χ4v) is 4.81. The van der Waals surface area contributed by atoms with Crippen LogP contribution in [0, 0.1) is 6.92 Å². The van der Waals surface area contributed by atoms with Gasteiger partial charge in [-0.05, 0) is 36.3 Å². The topological polar surface area (TPSA) is 96.8 Å². The second-order valence-corrected chi connectivity index (χ2v) is 8.67. The van der Waals surface area contributed by atoms with Gasteiger partial charge in [0.05, 0.1) is 29.3 Å². The largest absolute Gasteiger partial charge is 0.503 e. The lowest BCUT2D eigenvalue weighted by molar-refractivity contribution is -0.117. The summed E-state index contributed by atoms with van der Waals surface area (Å²) < 4.78 is 5.33. The van der Waals surface area contributed by atoms with Gasteiger partial charge >= 0.3 is 0 Å². The van der Waals surface area contributed by atoms with E-state index in [1.165, 1.54) is 25.0 Å². The van der Waals surface area contributed by atoms with Crippen molar-refractivity contribution < 1.29 is 24.2 Å². The summed E-state index contributed by atoms with van der Waals surface area (Å²) in [6.45, 7) is 3.11. The number of ketones is 2. The molecule has 4 rings (SSSR count). The lowest BCUT2D eigenvalue weighted by Crippen LogP contribution is -2.30. The highest BCUT2D eigenvalue weighted by molar-refractivity contribution is 7.17. The van der Waals surface area contributed by atoms with Gasteiger partial charge in [0.25, 0.3) is 5.91 Å². The molecule has 1 N–H and O–H groups in total. The van der Waals surface area contributed by atoms with E-state index in [0.29, 0.717) is 21.9 Å². The van der Waals surface area contributed by atoms with Crippen molar-refractivity contribution in [3.05, 3.63) is 93.7 Å². The molecule has 0 fully saturated rings. The molecule has 0 saturated heterocycles. The van der Waals surface area contributed by atoms with Crippen molar-refractivity contribution >= 4 is 40.0 Å². The molecule has 0 spiro atoms. The number of carbonyl (C=O) groups is 3. The number of amides is 1. The molecule has 172 valence electrons. The third kappa shape index (κ3) is 4.27. The number of anilines is 1. The minimum absolute atomic E-state index is 0.0670. The van der Waals surface area contributed by atoms with Crippen LogP contribution < -0.4 is 9.64 Å². The smallest absolute Gasteiger partial charge is 0.296 e. The quantitative estimate of drug-likeness (QED) is 0.389. The molecule has 0 bridgehead atoms. The molecular weight excluding hydrogens is 452 g/mol. The van der Waals surface area contributed by atoms with Gasteiger partial charge in [0, 0.05) is 6.92 Å². The van der Waals surface area contributed by atoms with Crippen LogP contribution >= 0.6 is 11.3 Å².